The first-order valence-electron chi connectivity index (χ1n) is 6.64. The molecule has 2 aliphatic carbocycles. The molecule has 1 fully saturated rings. The number of aliphatic carboxylic acids is 1. The van der Waals surface area contributed by atoms with Crippen LogP contribution in [0.2, 0.25) is 0 Å². The van der Waals surface area contributed by atoms with Crippen LogP contribution in [0.5, 0.6) is 0 Å². The van der Waals surface area contributed by atoms with Gasteiger partial charge in [-0.3, -0.25) is 4.79 Å². The molecule has 1 N–H and O–H groups in total. The standard InChI is InChI=1S/C15H18O3/c16-15(17)10-5-6-14-12(7-10)9-18-8-11-3-1-2-4-13(11)14/h1-4,10-12H,5-9H2,(H,16,17). The summed E-state index contributed by atoms with van der Waals surface area (Å²) < 4.78 is 5.74. The third-order valence-electron chi connectivity index (χ3n) is 4.29. The van der Waals surface area contributed by atoms with Gasteiger partial charge in [0, 0.05) is 11.8 Å². The highest BCUT2D eigenvalue weighted by Gasteiger charge is 2.34. The summed E-state index contributed by atoms with van der Waals surface area (Å²) in [6, 6.07) is 0. The Balaban J connectivity index is 1.90. The van der Waals surface area contributed by atoms with Crippen LogP contribution in [0.3, 0.4) is 0 Å². The van der Waals surface area contributed by atoms with E-state index >= 15 is 0 Å². The number of hydrogen-bond donors (Lipinski definition) is 1. The Hall–Kier alpha value is -1.35. The second-order valence-corrected chi connectivity index (χ2v) is 5.38. The Morgan fingerprint density at radius 1 is 1.33 bits per heavy atom. The predicted molar refractivity (Wildman–Crippen MR) is 68.1 cm³/mol. The molecular weight excluding hydrogens is 228 g/mol. The summed E-state index contributed by atoms with van der Waals surface area (Å²) in [6.07, 6.45) is 10.9. The Morgan fingerprint density at radius 2 is 2.22 bits per heavy atom. The largest absolute Gasteiger partial charge is 0.481 e. The van der Waals surface area contributed by atoms with Gasteiger partial charge >= 0.3 is 5.97 Å². The highest BCUT2D eigenvalue weighted by atomic mass is 16.5. The van der Waals surface area contributed by atoms with E-state index in [1.165, 1.54) is 11.1 Å². The molecule has 3 aliphatic rings. The second-order valence-electron chi connectivity index (χ2n) is 5.38. The maximum absolute atomic E-state index is 11.1. The number of allylic oxidation sites excluding steroid dienone is 3. The van der Waals surface area contributed by atoms with Gasteiger partial charge in [0.1, 0.15) is 0 Å². The molecule has 0 spiro atoms. The molecule has 3 heteroatoms. The fraction of sp³-hybridized carbons (Fsp3) is 0.533. The molecule has 18 heavy (non-hydrogen) atoms. The molecule has 1 aliphatic heterocycles. The lowest BCUT2D eigenvalue weighted by molar-refractivity contribution is -0.143. The normalized spacial score (nSPS) is 34.8. The highest BCUT2D eigenvalue weighted by Crippen LogP contribution is 2.40. The van der Waals surface area contributed by atoms with Gasteiger partial charge in [0.2, 0.25) is 0 Å². The maximum atomic E-state index is 11.1. The van der Waals surface area contributed by atoms with Crippen LogP contribution < -0.4 is 0 Å². The van der Waals surface area contributed by atoms with Gasteiger partial charge in [0.15, 0.2) is 0 Å². The van der Waals surface area contributed by atoms with Gasteiger partial charge in [0.25, 0.3) is 0 Å². The van der Waals surface area contributed by atoms with Crippen LogP contribution in [0.25, 0.3) is 0 Å². The first-order chi connectivity index (χ1) is 8.75. The summed E-state index contributed by atoms with van der Waals surface area (Å²) in [5, 5.41) is 9.15. The molecule has 0 saturated heterocycles. The molecule has 0 aromatic carbocycles. The SMILES string of the molecule is O=C(O)C1CCC2=C3C=CC=CC3COCC2C1. The lowest BCUT2D eigenvalue weighted by Gasteiger charge is -2.30. The summed E-state index contributed by atoms with van der Waals surface area (Å²) in [5.74, 6) is -0.172. The van der Waals surface area contributed by atoms with Crippen LogP contribution in [0.15, 0.2) is 35.5 Å². The van der Waals surface area contributed by atoms with E-state index in [0.717, 1.165) is 25.9 Å². The van der Waals surface area contributed by atoms with E-state index in [9.17, 15) is 4.79 Å². The maximum Gasteiger partial charge on any atom is 0.306 e. The lowest BCUT2D eigenvalue weighted by atomic mass is 9.74. The molecule has 0 aromatic heterocycles. The molecule has 3 rings (SSSR count). The summed E-state index contributed by atoms with van der Waals surface area (Å²) in [7, 11) is 0. The van der Waals surface area contributed by atoms with Crippen molar-refractivity contribution in [1.82, 2.24) is 0 Å². The van der Waals surface area contributed by atoms with Gasteiger partial charge in [0.05, 0.1) is 19.1 Å². The van der Waals surface area contributed by atoms with Crippen LogP contribution in [0.1, 0.15) is 19.3 Å². The van der Waals surface area contributed by atoms with E-state index < -0.39 is 5.97 Å². The zero-order valence-electron chi connectivity index (χ0n) is 10.3. The topological polar surface area (TPSA) is 46.5 Å². The van der Waals surface area contributed by atoms with Crippen LogP contribution in [0.4, 0.5) is 0 Å². The molecule has 1 saturated carbocycles. The number of carbonyl (C=O) groups is 1. The van der Waals surface area contributed by atoms with E-state index in [1.54, 1.807) is 0 Å². The van der Waals surface area contributed by atoms with Crippen molar-refractivity contribution in [3.63, 3.8) is 0 Å². The Bertz CT molecular complexity index is 445. The molecule has 1 heterocycles. The van der Waals surface area contributed by atoms with Crippen molar-refractivity contribution in [3.05, 3.63) is 35.5 Å². The average Bonchev–Trinajstić information content (AvgIpc) is 2.57. The quantitative estimate of drug-likeness (QED) is 0.773. The van der Waals surface area contributed by atoms with Crippen LogP contribution in [-0.4, -0.2) is 24.3 Å². The Kier molecular flexibility index (Phi) is 3.08. The monoisotopic (exact) mass is 246 g/mol. The number of carboxylic acids is 1. The van der Waals surface area contributed by atoms with Crippen molar-refractivity contribution in [3.8, 4) is 0 Å². The zero-order chi connectivity index (χ0) is 12.5. The summed E-state index contributed by atoms with van der Waals surface area (Å²) in [5.41, 5.74) is 2.82. The van der Waals surface area contributed by atoms with Gasteiger partial charge in [-0.15, -0.1) is 0 Å². The third-order valence-corrected chi connectivity index (χ3v) is 4.29. The molecule has 96 valence electrons. The van der Waals surface area contributed by atoms with Gasteiger partial charge in [-0.25, -0.2) is 0 Å². The summed E-state index contributed by atoms with van der Waals surface area (Å²) >= 11 is 0. The molecule has 3 nitrogen and oxygen atoms in total. The van der Waals surface area contributed by atoms with Crippen LogP contribution >= 0.6 is 0 Å². The van der Waals surface area contributed by atoms with E-state index in [2.05, 4.69) is 24.3 Å². The van der Waals surface area contributed by atoms with Gasteiger partial charge in [-0.2, -0.15) is 0 Å². The van der Waals surface area contributed by atoms with Crippen LogP contribution in [0, 0.1) is 17.8 Å². The number of ether oxygens (including phenoxy) is 1. The number of rotatable bonds is 1. The molecular formula is C15H18O3. The van der Waals surface area contributed by atoms with Gasteiger partial charge < -0.3 is 9.84 Å². The third kappa shape index (κ3) is 2.03. The molecule has 3 atom stereocenters. The molecule has 0 bridgehead atoms. The van der Waals surface area contributed by atoms with E-state index in [1.807, 2.05) is 0 Å². The fourth-order valence-electron chi connectivity index (χ4n) is 3.32. The van der Waals surface area contributed by atoms with Crippen molar-refractivity contribution in [2.75, 3.05) is 13.2 Å². The second kappa shape index (κ2) is 4.73. The van der Waals surface area contributed by atoms with Crippen molar-refractivity contribution in [2.45, 2.75) is 19.3 Å². The van der Waals surface area contributed by atoms with Gasteiger partial charge in [-0.1, -0.05) is 29.9 Å². The van der Waals surface area contributed by atoms with Crippen molar-refractivity contribution < 1.29 is 14.6 Å². The smallest absolute Gasteiger partial charge is 0.306 e. The van der Waals surface area contributed by atoms with Crippen molar-refractivity contribution in [1.29, 1.82) is 0 Å². The minimum atomic E-state index is -0.654. The Morgan fingerprint density at radius 3 is 3.06 bits per heavy atom. The van der Waals surface area contributed by atoms with E-state index in [-0.39, 0.29) is 5.92 Å². The highest BCUT2D eigenvalue weighted by molar-refractivity contribution is 5.70. The summed E-state index contributed by atoms with van der Waals surface area (Å²) in [4.78, 5) is 11.1. The molecule has 3 unspecified atom stereocenters. The minimum Gasteiger partial charge on any atom is -0.481 e. The van der Waals surface area contributed by atoms with Crippen LogP contribution in [-0.2, 0) is 9.53 Å². The summed E-state index contributed by atoms with van der Waals surface area (Å²) in [6.45, 7) is 1.41. The predicted octanol–water partition coefficient (Wildman–Crippen LogP) is 2.56. The Labute approximate surface area is 107 Å². The zero-order valence-corrected chi connectivity index (χ0v) is 10.3. The molecule has 0 aromatic rings. The van der Waals surface area contributed by atoms with E-state index in [0.29, 0.717) is 18.4 Å². The first-order valence-corrected chi connectivity index (χ1v) is 6.64. The number of hydrogen-bond acceptors (Lipinski definition) is 2. The number of carboxylic acid groups (broad SMARTS) is 1. The van der Waals surface area contributed by atoms with Crippen molar-refractivity contribution in [2.24, 2.45) is 17.8 Å². The molecule has 0 radical (unpaired) electrons. The van der Waals surface area contributed by atoms with E-state index in [4.69, 9.17) is 9.84 Å². The molecule has 0 amide bonds. The van der Waals surface area contributed by atoms with Gasteiger partial charge in [-0.05, 0) is 24.8 Å². The fourth-order valence-corrected chi connectivity index (χ4v) is 3.32. The van der Waals surface area contributed by atoms with Crippen molar-refractivity contribution >= 4 is 5.97 Å². The first kappa shape index (κ1) is 11.7. The minimum absolute atomic E-state index is 0.192. The average molecular weight is 246 g/mol. The lowest BCUT2D eigenvalue weighted by Crippen LogP contribution is -2.26. The number of fused-ring (bicyclic) bond motifs is 2.